The summed E-state index contributed by atoms with van der Waals surface area (Å²) in [4.78, 5) is 40.4. The van der Waals surface area contributed by atoms with Gasteiger partial charge in [-0.1, -0.05) is 6.92 Å². The van der Waals surface area contributed by atoms with E-state index < -0.39 is 6.10 Å². The van der Waals surface area contributed by atoms with Crippen molar-refractivity contribution in [3.05, 3.63) is 0 Å². The quantitative estimate of drug-likeness (QED) is 0.0578. The lowest BCUT2D eigenvalue weighted by molar-refractivity contribution is -0.150. The maximum atomic E-state index is 12.5. The van der Waals surface area contributed by atoms with Crippen LogP contribution >= 0.6 is 0 Å². The number of ether oxygens (including phenoxy) is 1. The summed E-state index contributed by atoms with van der Waals surface area (Å²) in [6.45, 7) is 7.27. The van der Waals surface area contributed by atoms with Gasteiger partial charge in [-0.25, -0.2) is 0 Å². The molecule has 0 saturated carbocycles. The van der Waals surface area contributed by atoms with Gasteiger partial charge >= 0.3 is 5.97 Å². The molecule has 0 rings (SSSR count). The van der Waals surface area contributed by atoms with Crippen molar-refractivity contribution < 1.29 is 19.1 Å². The maximum Gasteiger partial charge on any atom is 0.306 e. The minimum absolute atomic E-state index is 0.0404. The number of guanidine groups is 1. The molecule has 0 radical (unpaired) electrons. The predicted molar refractivity (Wildman–Crippen MR) is 135 cm³/mol. The van der Waals surface area contributed by atoms with Crippen LogP contribution in [0.3, 0.4) is 0 Å². The molecule has 0 aliphatic heterocycles. The lowest BCUT2D eigenvalue weighted by atomic mass is 10.1. The second-order valence-electron chi connectivity index (χ2n) is 8.49. The molecule has 2 amide bonds. The Hall–Kier alpha value is -2.40. The van der Waals surface area contributed by atoms with Crippen LogP contribution in [0, 0.1) is 0 Å². The van der Waals surface area contributed by atoms with Gasteiger partial charge in [-0.2, -0.15) is 0 Å². The summed E-state index contributed by atoms with van der Waals surface area (Å²) in [5.74, 6) is -0.623. The molecule has 2 unspecified atom stereocenters. The van der Waals surface area contributed by atoms with Gasteiger partial charge in [-0.15, -0.1) is 0 Å². The lowest BCUT2D eigenvalue weighted by Crippen LogP contribution is -2.39. The Bertz CT molecular complexity index is 598. The fourth-order valence-corrected chi connectivity index (χ4v) is 3.24. The fraction of sp³-hybridized carbons (Fsp3) is 0.826. The van der Waals surface area contributed by atoms with Crippen molar-refractivity contribution in [2.24, 2.45) is 22.2 Å². The zero-order chi connectivity index (χ0) is 25.6. The van der Waals surface area contributed by atoms with Crippen LogP contribution in [0.15, 0.2) is 4.99 Å². The molecule has 0 saturated heterocycles. The second kappa shape index (κ2) is 21.2. The van der Waals surface area contributed by atoms with Crippen molar-refractivity contribution in [1.29, 1.82) is 0 Å². The predicted octanol–water partition coefficient (Wildman–Crippen LogP) is 0.262. The van der Waals surface area contributed by atoms with Gasteiger partial charge in [0.15, 0.2) is 5.96 Å². The molecule has 9 N–H and O–H groups in total. The molecule has 2 atom stereocenters. The number of esters is 1. The minimum atomic E-state index is -0.516. The number of unbranched alkanes of at least 4 members (excludes halogenated alkanes) is 2. The van der Waals surface area contributed by atoms with E-state index in [1.807, 2.05) is 6.92 Å². The van der Waals surface area contributed by atoms with Crippen LogP contribution in [-0.4, -0.2) is 68.6 Å². The Morgan fingerprint density at radius 2 is 1.65 bits per heavy atom. The zero-order valence-electron chi connectivity index (χ0n) is 21.1. The van der Waals surface area contributed by atoms with E-state index in [0.29, 0.717) is 45.3 Å². The summed E-state index contributed by atoms with van der Waals surface area (Å²) in [7, 11) is 0. The summed E-state index contributed by atoms with van der Waals surface area (Å²) in [5.41, 5.74) is 16.1. The molecule has 0 aromatic heterocycles. The van der Waals surface area contributed by atoms with Crippen molar-refractivity contribution in [2.75, 3.05) is 32.7 Å². The molecule has 0 aliphatic rings. The average Bonchev–Trinajstić information content (AvgIpc) is 2.74. The maximum absolute atomic E-state index is 12.5. The highest BCUT2D eigenvalue weighted by molar-refractivity contribution is 5.80. The Kier molecular flexibility index (Phi) is 19.7. The number of hydrogen-bond donors (Lipinski definition) is 6. The number of hydrogen-bond acceptors (Lipinski definition) is 7. The van der Waals surface area contributed by atoms with Gasteiger partial charge in [0.05, 0.1) is 6.42 Å². The van der Waals surface area contributed by atoms with E-state index in [2.05, 4.69) is 20.9 Å². The molecule has 34 heavy (non-hydrogen) atoms. The molecule has 0 aromatic carbocycles. The number of nitrogens with one attached hydrogen (secondary N) is 3. The summed E-state index contributed by atoms with van der Waals surface area (Å²) in [6, 6.07) is -0.320. The van der Waals surface area contributed by atoms with Gasteiger partial charge in [0.1, 0.15) is 6.10 Å². The number of nitrogens with two attached hydrogens (primary N) is 3. The summed E-state index contributed by atoms with van der Waals surface area (Å²) < 4.78 is 5.48. The number of amides is 2. The Morgan fingerprint density at radius 1 is 0.941 bits per heavy atom. The molecule has 0 bridgehead atoms. The molecule has 11 nitrogen and oxygen atoms in total. The van der Waals surface area contributed by atoms with Crippen LogP contribution in [0.2, 0.25) is 0 Å². The van der Waals surface area contributed by atoms with Gasteiger partial charge in [0.2, 0.25) is 11.8 Å². The molecule has 198 valence electrons. The van der Waals surface area contributed by atoms with E-state index in [4.69, 9.17) is 21.9 Å². The highest BCUT2D eigenvalue weighted by Gasteiger charge is 2.20. The monoisotopic (exact) mass is 485 g/mol. The smallest absolute Gasteiger partial charge is 0.306 e. The first-order valence-electron chi connectivity index (χ1n) is 12.5. The third kappa shape index (κ3) is 20.2. The minimum Gasteiger partial charge on any atom is -0.462 e. The van der Waals surface area contributed by atoms with Gasteiger partial charge < -0.3 is 37.9 Å². The SMILES string of the molecule is CCCC(=O)OC(CCCCN=C(N)N)CC(=O)NC(C)CC(=O)NCCCCNCCCN. The Morgan fingerprint density at radius 3 is 2.32 bits per heavy atom. The van der Waals surface area contributed by atoms with Crippen molar-refractivity contribution in [3.8, 4) is 0 Å². The molecular formula is C23H47N7O4. The molecule has 0 aromatic rings. The summed E-state index contributed by atoms with van der Waals surface area (Å²) >= 11 is 0. The first-order chi connectivity index (χ1) is 16.3. The highest BCUT2D eigenvalue weighted by atomic mass is 16.5. The topological polar surface area (TPSA) is 187 Å². The number of nitrogens with zero attached hydrogens (tertiary/aromatic N) is 1. The van der Waals surface area contributed by atoms with Crippen LogP contribution in [0.25, 0.3) is 0 Å². The lowest BCUT2D eigenvalue weighted by Gasteiger charge is -2.19. The third-order valence-corrected chi connectivity index (χ3v) is 4.95. The van der Waals surface area contributed by atoms with Gasteiger partial charge in [0, 0.05) is 32.0 Å². The van der Waals surface area contributed by atoms with Crippen molar-refractivity contribution in [1.82, 2.24) is 16.0 Å². The average molecular weight is 486 g/mol. The first-order valence-corrected chi connectivity index (χ1v) is 12.5. The fourth-order valence-electron chi connectivity index (χ4n) is 3.24. The zero-order valence-corrected chi connectivity index (χ0v) is 21.1. The number of carbonyl (C=O) groups is 3. The highest BCUT2D eigenvalue weighted by Crippen LogP contribution is 2.12. The molecular weight excluding hydrogens is 438 g/mol. The van der Waals surface area contributed by atoms with E-state index in [1.54, 1.807) is 6.92 Å². The Labute approximate surface area is 204 Å². The van der Waals surface area contributed by atoms with Gasteiger partial charge in [-0.3, -0.25) is 19.4 Å². The molecule has 0 spiro atoms. The largest absolute Gasteiger partial charge is 0.462 e. The van der Waals surface area contributed by atoms with E-state index in [-0.39, 0.29) is 42.6 Å². The number of carbonyl (C=O) groups excluding carboxylic acids is 3. The molecule has 0 aliphatic carbocycles. The van der Waals surface area contributed by atoms with Crippen LogP contribution in [0.5, 0.6) is 0 Å². The van der Waals surface area contributed by atoms with Crippen LogP contribution < -0.4 is 33.2 Å². The molecule has 0 heterocycles. The Balaban J connectivity index is 4.26. The number of aliphatic imine (C=N–C) groups is 1. The van der Waals surface area contributed by atoms with Crippen molar-refractivity contribution in [3.63, 3.8) is 0 Å². The number of rotatable bonds is 21. The molecule has 11 heteroatoms. The first kappa shape index (κ1) is 31.6. The summed E-state index contributed by atoms with van der Waals surface area (Å²) in [6.07, 6.45) is 5.53. The van der Waals surface area contributed by atoms with E-state index in [9.17, 15) is 14.4 Å². The van der Waals surface area contributed by atoms with Crippen molar-refractivity contribution in [2.45, 2.75) is 90.2 Å². The van der Waals surface area contributed by atoms with E-state index in [0.717, 1.165) is 38.8 Å². The van der Waals surface area contributed by atoms with Gasteiger partial charge in [-0.05, 0) is 71.5 Å². The normalized spacial score (nSPS) is 12.4. The van der Waals surface area contributed by atoms with Crippen LogP contribution in [0.4, 0.5) is 0 Å². The second-order valence-corrected chi connectivity index (χ2v) is 8.49. The van der Waals surface area contributed by atoms with E-state index in [1.165, 1.54) is 0 Å². The van der Waals surface area contributed by atoms with Crippen LogP contribution in [-0.2, 0) is 19.1 Å². The van der Waals surface area contributed by atoms with Crippen molar-refractivity contribution >= 4 is 23.7 Å². The molecule has 0 fully saturated rings. The van der Waals surface area contributed by atoms with E-state index >= 15 is 0 Å². The van der Waals surface area contributed by atoms with Crippen LogP contribution in [0.1, 0.15) is 78.1 Å². The summed E-state index contributed by atoms with van der Waals surface area (Å²) in [5, 5.41) is 9.01. The standard InChI is InChI=1S/C23H47N7O4/c1-3-9-22(33)34-19(10-4-5-15-29-23(25)26)17-21(32)30-18(2)16-20(31)28-14-7-6-12-27-13-8-11-24/h18-19,27H,3-17,24H2,1-2H3,(H,28,31)(H,30,32)(H4,25,26,29). The van der Waals surface area contributed by atoms with Gasteiger partial charge in [0.25, 0.3) is 0 Å². The third-order valence-electron chi connectivity index (χ3n) is 4.95.